The van der Waals surface area contributed by atoms with Crippen molar-refractivity contribution in [3.8, 4) is 0 Å². The van der Waals surface area contributed by atoms with Crippen LogP contribution in [0.5, 0.6) is 0 Å². The number of ether oxygens (including phenoxy) is 1. The number of aromatic nitrogens is 2. The summed E-state index contributed by atoms with van der Waals surface area (Å²) < 4.78 is 7.28. The lowest BCUT2D eigenvalue weighted by molar-refractivity contribution is -0.136. The summed E-state index contributed by atoms with van der Waals surface area (Å²) in [5.74, 6) is -0.767. The van der Waals surface area contributed by atoms with Gasteiger partial charge < -0.3 is 9.84 Å². The predicted molar refractivity (Wildman–Crippen MR) is 57.4 cm³/mol. The standard InChI is InChI=1S/C11H16N2O3/c1-8-9(2-3-11(14)15)6-12-13(8)10-4-5-16-7-10/h6,10H,2-5,7H2,1H3,(H,14,15). The van der Waals surface area contributed by atoms with Gasteiger partial charge in [-0.1, -0.05) is 0 Å². The Bertz CT molecular complexity index is 381. The molecule has 1 unspecified atom stereocenters. The van der Waals surface area contributed by atoms with Crippen molar-refractivity contribution in [3.63, 3.8) is 0 Å². The monoisotopic (exact) mass is 224 g/mol. The summed E-state index contributed by atoms with van der Waals surface area (Å²) in [5.41, 5.74) is 2.09. The van der Waals surface area contributed by atoms with E-state index >= 15 is 0 Å². The van der Waals surface area contributed by atoms with E-state index in [0.717, 1.165) is 24.3 Å². The summed E-state index contributed by atoms with van der Waals surface area (Å²) in [6.07, 6.45) is 3.47. The summed E-state index contributed by atoms with van der Waals surface area (Å²) in [4.78, 5) is 10.5. The van der Waals surface area contributed by atoms with Gasteiger partial charge in [-0.25, -0.2) is 0 Å². The molecule has 1 aliphatic heterocycles. The Morgan fingerprint density at radius 2 is 2.56 bits per heavy atom. The molecule has 0 spiro atoms. The zero-order valence-electron chi connectivity index (χ0n) is 9.35. The molecule has 0 aromatic carbocycles. The van der Waals surface area contributed by atoms with Crippen molar-refractivity contribution in [2.45, 2.75) is 32.2 Å². The normalized spacial score (nSPS) is 20.2. The quantitative estimate of drug-likeness (QED) is 0.833. The molecular formula is C11H16N2O3. The number of carbonyl (C=O) groups is 1. The molecule has 5 nitrogen and oxygen atoms in total. The largest absolute Gasteiger partial charge is 0.481 e. The fourth-order valence-corrected chi connectivity index (χ4v) is 2.03. The van der Waals surface area contributed by atoms with Gasteiger partial charge in [-0.05, 0) is 25.3 Å². The van der Waals surface area contributed by atoms with Gasteiger partial charge in [0.25, 0.3) is 0 Å². The van der Waals surface area contributed by atoms with Crippen molar-refractivity contribution >= 4 is 5.97 Å². The minimum atomic E-state index is -0.767. The van der Waals surface area contributed by atoms with Crippen LogP contribution in [-0.2, 0) is 16.0 Å². The number of aliphatic carboxylic acids is 1. The third-order valence-corrected chi connectivity index (χ3v) is 3.01. The Kier molecular flexibility index (Phi) is 3.24. The molecule has 0 saturated carbocycles. The lowest BCUT2D eigenvalue weighted by atomic mass is 10.1. The molecule has 0 radical (unpaired) electrons. The first-order valence-electron chi connectivity index (χ1n) is 5.51. The Morgan fingerprint density at radius 1 is 1.75 bits per heavy atom. The lowest BCUT2D eigenvalue weighted by Gasteiger charge is -2.11. The molecule has 88 valence electrons. The molecule has 1 aromatic heterocycles. The molecule has 0 amide bonds. The van der Waals surface area contributed by atoms with E-state index < -0.39 is 5.97 Å². The average molecular weight is 224 g/mol. The Hall–Kier alpha value is -1.36. The van der Waals surface area contributed by atoms with E-state index in [9.17, 15) is 4.79 Å². The summed E-state index contributed by atoms with van der Waals surface area (Å²) in [7, 11) is 0. The summed E-state index contributed by atoms with van der Waals surface area (Å²) in [6, 6.07) is 0.318. The second kappa shape index (κ2) is 4.65. The zero-order chi connectivity index (χ0) is 11.5. The van der Waals surface area contributed by atoms with E-state index in [1.54, 1.807) is 6.20 Å². The third kappa shape index (κ3) is 2.24. The van der Waals surface area contributed by atoms with Crippen molar-refractivity contribution in [3.05, 3.63) is 17.5 Å². The molecule has 0 aliphatic carbocycles. The van der Waals surface area contributed by atoms with Crippen LogP contribution in [0.1, 0.15) is 30.1 Å². The van der Waals surface area contributed by atoms with Crippen LogP contribution < -0.4 is 0 Å². The molecule has 1 atom stereocenters. The number of hydrogen-bond donors (Lipinski definition) is 1. The van der Waals surface area contributed by atoms with E-state index in [-0.39, 0.29) is 6.42 Å². The van der Waals surface area contributed by atoms with E-state index in [1.165, 1.54) is 0 Å². The molecule has 1 fully saturated rings. The van der Waals surface area contributed by atoms with Gasteiger partial charge in [0.15, 0.2) is 0 Å². The van der Waals surface area contributed by atoms with E-state index in [4.69, 9.17) is 9.84 Å². The number of carboxylic acid groups (broad SMARTS) is 1. The third-order valence-electron chi connectivity index (χ3n) is 3.01. The highest BCUT2D eigenvalue weighted by Crippen LogP contribution is 2.21. The van der Waals surface area contributed by atoms with Crippen LogP contribution in [0.15, 0.2) is 6.20 Å². The fraction of sp³-hybridized carbons (Fsp3) is 0.636. The highest BCUT2D eigenvalue weighted by atomic mass is 16.5. The summed E-state index contributed by atoms with van der Waals surface area (Å²) in [5, 5.41) is 13.0. The smallest absolute Gasteiger partial charge is 0.303 e. The van der Waals surface area contributed by atoms with Gasteiger partial charge in [0.1, 0.15) is 0 Å². The molecular weight excluding hydrogens is 208 g/mol. The van der Waals surface area contributed by atoms with Crippen LogP contribution in [0.4, 0.5) is 0 Å². The van der Waals surface area contributed by atoms with E-state index in [0.29, 0.717) is 19.1 Å². The van der Waals surface area contributed by atoms with Crippen molar-refractivity contribution in [2.24, 2.45) is 0 Å². The zero-order valence-corrected chi connectivity index (χ0v) is 9.35. The van der Waals surface area contributed by atoms with E-state index in [1.807, 2.05) is 11.6 Å². The maximum Gasteiger partial charge on any atom is 0.303 e. The highest BCUT2D eigenvalue weighted by molar-refractivity contribution is 5.67. The highest BCUT2D eigenvalue weighted by Gasteiger charge is 2.20. The number of rotatable bonds is 4. The van der Waals surface area contributed by atoms with Crippen molar-refractivity contribution in [1.82, 2.24) is 9.78 Å². The predicted octanol–water partition coefficient (Wildman–Crippen LogP) is 1.17. The van der Waals surface area contributed by atoms with Gasteiger partial charge in [-0.2, -0.15) is 5.10 Å². The first-order chi connectivity index (χ1) is 7.68. The first-order valence-corrected chi connectivity index (χ1v) is 5.51. The van der Waals surface area contributed by atoms with Crippen LogP contribution in [-0.4, -0.2) is 34.1 Å². The first kappa shape index (κ1) is 11.1. The van der Waals surface area contributed by atoms with Crippen LogP contribution >= 0.6 is 0 Å². The maximum absolute atomic E-state index is 10.5. The molecule has 16 heavy (non-hydrogen) atoms. The van der Waals surface area contributed by atoms with Gasteiger partial charge >= 0.3 is 5.97 Å². The van der Waals surface area contributed by atoms with Gasteiger partial charge in [-0.3, -0.25) is 9.48 Å². The Labute approximate surface area is 94.0 Å². The number of hydrogen-bond acceptors (Lipinski definition) is 3. The SMILES string of the molecule is Cc1c(CCC(=O)O)cnn1C1CCOC1. The van der Waals surface area contributed by atoms with Gasteiger partial charge in [-0.15, -0.1) is 0 Å². The number of carboxylic acids is 1. The lowest BCUT2D eigenvalue weighted by Crippen LogP contribution is -2.12. The molecule has 1 N–H and O–H groups in total. The molecule has 1 aliphatic rings. The summed E-state index contributed by atoms with van der Waals surface area (Å²) >= 11 is 0. The van der Waals surface area contributed by atoms with Crippen LogP contribution in [0.3, 0.4) is 0 Å². The van der Waals surface area contributed by atoms with Crippen LogP contribution in [0.2, 0.25) is 0 Å². The van der Waals surface area contributed by atoms with E-state index in [2.05, 4.69) is 5.10 Å². The Balaban J connectivity index is 2.07. The minimum Gasteiger partial charge on any atom is -0.481 e. The van der Waals surface area contributed by atoms with Crippen molar-refractivity contribution in [1.29, 1.82) is 0 Å². The maximum atomic E-state index is 10.5. The van der Waals surface area contributed by atoms with Crippen LogP contribution in [0, 0.1) is 6.92 Å². The molecule has 1 aromatic rings. The van der Waals surface area contributed by atoms with Crippen molar-refractivity contribution in [2.75, 3.05) is 13.2 Å². The molecule has 1 saturated heterocycles. The molecule has 2 rings (SSSR count). The second-order valence-electron chi connectivity index (χ2n) is 4.11. The van der Waals surface area contributed by atoms with Gasteiger partial charge in [0.05, 0.1) is 18.8 Å². The molecule has 2 heterocycles. The van der Waals surface area contributed by atoms with Crippen LogP contribution in [0.25, 0.3) is 0 Å². The Morgan fingerprint density at radius 3 is 3.19 bits per heavy atom. The minimum absolute atomic E-state index is 0.160. The number of nitrogens with zero attached hydrogens (tertiary/aromatic N) is 2. The molecule has 0 bridgehead atoms. The summed E-state index contributed by atoms with van der Waals surface area (Å²) in [6.45, 7) is 3.48. The van der Waals surface area contributed by atoms with Gasteiger partial charge in [0.2, 0.25) is 0 Å². The topological polar surface area (TPSA) is 64.3 Å². The van der Waals surface area contributed by atoms with Gasteiger partial charge in [0, 0.05) is 18.7 Å². The average Bonchev–Trinajstić information content (AvgIpc) is 2.84. The fourth-order valence-electron chi connectivity index (χ4n) is 2.03. The number of aryl methyl sites for hydroxylation is 1. The molecule has 5 heteroatoms. The second-order valence-corrected chi connectivity index (χ2v) is 4.11. The van der Waals surface area contributed by atoms with Crippen molar-refractivity contribution < 1.29 is 14.6 Å².